The quantitative estimate of drug-likeness (QED) is 0.493. The van der Waals surface area contributed by atoms with Crippen LogP contribution in [0, 0.1) is 0 Å². The van der Waals surface area contributed by atoms with E-state index >= 15 is 0 Å². The van der Waals surface area contributed by atoms with Crippen LogP contribution in [0.2, 0.25) is 0 Å². The van der Waals surface area contributed by atoms with Gasteiger partial charge in [0.1, 0.15) is 0 Å². The Bertz CT molecular complexity index is 8.00. The number of hydrogen-bond acceptors (Lipinski definition) is 1. The van der Waals surface area contributed by atoms with Crippen LogP contribution in [-0.2, 0) is 14.4 Å². The molecule has 0 aliphatic rings. The third-order valence-corrected chi connectivity index (χ3v) is 0. The molecule has 0 unspecified atom stereocenters. The van der Waals surface area contributed by atoms with E-state index in [1.165, 1.54) is 0 Å². The van der Waals surface area contributed by atoms with Crippen molar-refractivity contribution in [1.82, 2.24) is 0 Å². The van der Waals surface area contributed by atoms with E-state index in [9.17, 15) is 0 Å². The van der Waals surface area contributed by atoms with Crippen LogP contribution < -0.4 is 0 Å². The molecule has 31 valence electrons. The van der Waals surface area contributed by atoms with Gasteiger partial charge in [-0.3, -0.25) is 0 Å². The van der Waals surface area contributed by atoms with Crippen LogP contribution >= 0.6 is 10.6 Å². The van der Waals surface area contributed by atoms with Crippen molar-refractivity contribution in [2.75, 3.05) is 0 Å². The monoisotopic (exact) mass is 295 g/mol. The Morgan fingerprint density at radius 2 is 1.25 bits per heavy atom. The van der Waals surface area contributed by atoms with Crippen LogP contribution in [0.4, 0.5) is 0 Å². The first-order chi connectivity index (χ1) is 1.00. The summed E-state index contributed by atoms with van der Waals surface area (Å²) in [6.07, 6.45) is 0. The van der Waals surface area contributed by atoms with Crippen molar-refractivity contribution in [1.29, 1.82) is 0 Å². The zero-order valence-electron chi connectivity index (χ0n) is 1.21. The summed E-state index contributed by atoms with van der Waals surface area (Å²) >= 11 is 3.77. The summed E-state index contributed by atoms with van der Waals surface area (Å²) in [5, 5.41) is 0. The number of hydrogen-bond donors (Lipinski definition) is 0. The first kappa shape index (κ1) is 16.5. The summed E-state index contributed by atoms with van der Waals surface area (Å²) in [6, 6.07) is 0. The van der Waals surface area contributed by atoms with E-state index in [2.05, 4.69) is 24.9 Å². The van der Waals surface area contributed by atoms with Crippen LogP contribution in [-0.4, -0.2) is 42.9 Å². The van der Waals surface area contributed by atoms with Gasteiger partial charge in [-0.05, 0) is 0 Å². The first-order valence-electron chi connectivity index (χ1n) is 0.123. The molecule has 0 N–H and O–H groups in total. The summed E-state index contributed by atoms with van der Waals surface area (Å²) in [5.74, 6) is 0. The molecule has 0 aromatic carbocycles. The van der Waals surface area contributed by atoms with Crippen molar-refractivity contribution in [3.05, 3.63) is 0 Å². The van der Waals surface area contributed by atoms with E-state index in [1.54, 1.807) is 0 Å². The Kier molecular flexibility index (Phi) is 79.4. The van der Waals surface area contributed by atoms with Gasteiger partial charge in [-0.25, -0.2) is 0 Å². The van der Waals surface area contributed by atoms with Crippen molar-refractivity contribution < 1.29 is 14.4 Å². The maximum absolute atomic E-state index is 3.77. The Morgan fingerprint density at radius 3 is 1.25 bits per heavy atom. The molecule has 0 spiro atoms. The fraction of sp³-hybridized carbons (Fsp3) is 0. The van der Waals surface area contributed by atoms with Crippen LogP contribution in [0.5, 0.6) is 0 Å². The fourth-order valence-electron chi connectivity index (χ4n) is 0. The zero-order valence-corrected chi connectivity index (χ0v) is 5.07. The summed E-state index contributed by atoms with van der Waals surface area (Å²) in [5.41, 5.74) is 0. The van der Waals surface area contributed by atoms with Crippen LogP contribution in [0.15, 0.2) is 0 Å². The molecule has 0 aromatic rings. The summed E-state index contributed by atoms with van der Waals surface area (Å²) in [7, 11) is 3.65. The molecule has 0 bridgehead atoms. The molecule has 4 heavy (non-hydrogen) atoms. The van der Waals surface area contributed by atoms with Gasteiger partial charge in [-0.15, -0.1) is 0 Å². The molecule has 0 rings (SSSR count). The average molecular weight is 294 g/mol. The Hall–Kier alpha value is 2.13. The van der Waals surface area contributed by atoms with Gasteiger partial charge in [0.25, 0.3) is 0 Å². The van der Waals surface area contributed by atoms with Crippen molar-refractivity contribution in [2.24, 2.45) is 0 Å². The fourth-order valence-corrected chi connectivity index (χ4v) is 0. The van der Waals surface area contributed by atoms with Gasteiger partial charge < -0.3 is 0 Å². The minimum atomic E-state index is 0. The molecule has 4 heteroatoms. The molecule has 0 atom stereocenters. The van der Waals surface area contributed by atoms with Gasteiger partial charge in [0.2, 0.25) is 0 Å². The second-order valence-electron chi connectivity index (χ2n) is 0. The Labute approximate surface area is 67.0 Å². The Balaban J connectivity index is -0.00000000500. The van der Waals surface area contributed by atoms with Crippen LogP contribution in [0.25, 0.3) is 0 Å². The average Bonchev–Trinajstić information content (AvgIpc) is 1.00. The van der Waals surface area contributed by atoms with E-state index < -0.39 is 0 Å². The molecule has 0 heterocycles. The van der Waals surface area contributed by atoms with Crippen molar-refractivity contribution in [2.45, 2.75) is 0 Å². The predicted molar refractivity (Wildman–Crippen MR) is 26.1 cm³/mol. The van der Waals surface area contributed by atoms with Crippen molar-refractivity contribution in [3.63, 3.8) is 0 Å². The normalized spacial score (nSPS) is 1.50. The van der Waals surface area contributed by atoms with Gasteiger partial charge in [0.05, 0.1) is 0 Å². The topological polar surface area (TPSA) is 0 Å². The molecule has 0 aliphatic carbocycles. The van der Waals surface area contributed by atoms with E-state index in [-0.39, 0.29) is 42.9 Å². The molecule has 0 aromatic heterocycles. The molecule has 0 saturated heterocycles. The Morgan fingerprint density at radius 1 is 1.25 bits per heavy atom. The first-order valence-corrected chi connectivity index (χ1v) is 1.52. The van der Waals surface area contributed by atoms with Gasteiger partial charge in [0.15, 0.2) is 0 Å². The SMILES string of the molecule is [InH3].[S]=[Cu].[SeH2]. The molecule has 0 nitrogen and oxygen atoms in total. The second kappa shape index (κ2) is 19.3. The van der Waals surface area contributed by atoms with Crippen LogP contribution in [0.3, 0.4) is 0 Å². The van der Waals surface area contributed by atoms with E-state index in [1.807, 2.05) is 0 Å². The molecule has 0 aliphatic heterocycles. The summed E-state index contributed by atoms with van der Waals surface area (Å²) in [6.45, 7) is 0. The summed E-state index contributed by atoms with van der Waals surface area (Å²) in [4.78, 5) is 0. The van der Waals surface area contributed by atoms with Gasteiger partial charge >= 0.3 is 67.8 Å². The summed E-state index contributed by atoms with van der Waals surface area (Å²) < 4.78 is 0. The van der Waals surface area contributed by atoms with Gasteiger partial charge in [-0.2, -0.15) is 0 Å². The van der Waals surface area contributed by atoms with Crippen LogP contribution in [0.1, 0.15) is 0 Å². The van der Waals surface area contributed by atoms with Gasteiger partial charge in [0, 0.05) is 0 Å². The molecule has 0 saturated carbocycles. The number of rotatable bonds is 0. The van der Waals surface area contributed by atoms with E-state index in [0.29, 0.717) is 0 Å². The van der Waals surface area contributed by atoms with Crippen molar-refractivity contribution >= 4 is 53.5 Å². The molecular formula is H5CuInSSe. The molecule has 0 amide bonds. The third kappa shape index (κ3) is 8.92. The molecule has 0 fully saturated rings. The molecule has 0 radical (unpaired) electrons. The minimum absolute atomic E-state index is 0. The maximum atomic E-state index is 3.77. The molecular weight excluding hydrogens is 289 g/mol. The standard InChI is InChI=1S/Cu.In.S.H2Se.3H/h;;;1H2;;;. The van der Waals surface area contributed by atoms with E-state index in [0.717, 1.165) is 0 Å². The zero-order chi connectivity index (χ0) is 2.00. The van der Waals surface area contributed by atoms with Gasteiger partial charge in [-0.1, -0.05) is 0 Å². The van der Waals surface area contributed by atoms with E-state index in [4.69, 9.17) is 0 Å². The second-order valence-corrected chi connectivity index (χ2v) is 0. The van der Waals surface area contributed by atoms with Crippen molar-refractivity contribution in [3.8, 4) is 0 Å². The third-order valence-electron chi connectivity index (χ3n) is 0. The predicted octanol–water partition coefficient (Wildman–Crippen LogP) is -1.45.